The molecule has 7 nitrogen and oxygen atoms in total. The highest BCUT2D eigenvalue weighted by Gasteiger charge is 2.20. The van der Waals surface area contributed by atoms with Crippen LogP contribution in [-0.2, 0) is 32.7 Å². The van der Waals surface area contributed by atoms with Crippen LogP contribution in [0.2, 0.25) is 0 Å². The average Bonchev–Trinajstić information content (AvgIpc) is 2.98. The molecule has 0 fully saturated rings. The Hall–Kier alpha value is -1.86. The molecular weight excluding hydrogens is 322 g/mol. The minimum Gasteiger partial charge on any atom is -0.383 e. The summed E-state index contributed by atoms with van der Waals surface area (Å²) < 4.78 is 12.4. The fourth-order valence-electron chi connectivity index (χ4n) is 2.46. The molecule has 1 aromatic rings. The molecule has 0 spiro atoms. The smallest absolute Gasteiger partial charge is 0.242 e. The number of methoxy groups -OCH3 is 1. The minimum absolute atomic E-state index is 0.0788. The molecule has 0 unspecified atom stereocenters. The normalized spacial score (nSPS) is 10.7. The van der Waals surface area contributed by atoms with E-state index in [1.165, 1.54) is 6.92 Å². The van der Waals surface area contributed by atoms with Gasteiger partial charge in [-0.15, -0.1) is 0 Å². The summed E-state index contributed by atoms with van der Waals surface area (Å²) in [6.45, 7) is 6.71. The van der Waals surface area contributed by atoms with Crippen molar-refractivity contribution >= 4 is 11.8 Å². The summed E-state index contributed by atoms with van der Waals surface area (Å²) in [6.07, 6.45) is 2.67. The van der Waals surface area contributed by atoms with E-state index < -0.39 is 0 Å². The second kappa shape index (κ2) is 11.7. The first kappa shape index (κ1) is 21.2. The molecule has 2 amide bonds. The summed E-state index contributed by atoms with van der Waals surface area (Å²) in [5.74, 6) is -0.180. The van der Waals surface area contributed by atoms with Crippen LogP contribution < -0.4 is 0 Å². The van der Waals surface area contributed by atoms with Crippen molar-refractivity contribution in [2.45, 2.75) is 26.8 Å². The van der Waals surface area contributed by atoms with Gasteiger partial charge in [0.2, 0.25) is 11.8 Å². The standard InChI is InChI=1S/C18H31N3O4/c1-5-25-12-7-10-20(16(2)22)15-18(23)21(11-13-24-4)14-17-8-6-9-19(17)3/h6,8-9H,5,7,10-15H2,1-4H3. The molecule has 0 N–H and O–H groups in total. The number of hydrogen-bond donors (Lipinski definition) is 0. The van der Waals surface area contributed by atoms with Gasteiger partial charge in [-0.25, -0.2) is 0 Å². The van der Waals surface area contributed by atoms with Gasteiger partial charge in [-0.1, -0.05) is 0 Å². The number of carbonyl (C=O) groups excluding carboxylic acids is 2. The Balaban J connectivity index is 2.66. The Morgan fingerprint density at radius 1 is 1.20 bits per heavy atom. The molecule has 0 aliphatic carbocycles. The third kappa shape index (κ3) is 7.70. The predicted octanol–water partition coefficient (Wildman–Crippen LogP) is 1.28. The van der Waals surface area contributed by atoms with Gasteiger partial charge in [0.25, 0.3) is 0 Å². The van der Waals surface area contributed by atoms with Gasteiger partial charge >= 0.3 is 0 Å². The molecule has 7 heteroatoms. The summed E-state index contributed by atoms with van der Waals surface area (Å²) in [5.41, 5.74) is 1.04. The van der Waals surface area contributed by atoms with Gasteiger partial charge in [0.05, 0.1) is 19.7 Å². The number of amides is 2. The Morgan fingerprint density at radius 3 is 2.52 bits per heavy atom. The molecule has 1 heterocycles. The van der Waals surface area contributed by atoms with Crippen LogP contribution in [0, 0.1) is 0 Å². The molecule has 0 bridgehead atoms. The van der Waals surface area contributed by atoms with Gasteiger partial charge in [-0.3, -0.25) is 9.59 Å². The molecule has 0 atom stereocenters. The molecular formula is C18H31N3O4. The Labute approximate surface area is 150 Å². The van der Waals surface area contributed by atoms with Gasteiger partial charge in [0.15, 0.2) is 0 Å². The topological polar surface area (TPSA) is 64.0 Å². The summed E-state index contributed by atoms with van der Waals surface area (Å²) in [5, 5.41) is 0. The van der Waals surface area contributed by atoms with E-state index in [2.05, 4.69) is 0 Å². The Morgan fingerprint density at radius 2 is 1.96 bits per heavy atom. The average molecular weight is 353 g/mol. The van der Waals surface area contributed by atoms with E-state index in [1.807, 2.05) is 36.9 Å². The van der Waals surface area contributed by atoms with Gasteiger partial charge in [-0.05, 0) is 25.5 Å². The van der Waals surface area contributed by atoms with Crippen LogP contribution >= 0.6 is 0 Å². The van der Waals surface area contributed by atoms with Gasteiger partial charge in [0.1, 0.15) is 0 Å². The van der Waals surface area contributed by atoms with Crippen molar-refractivity contribution in [3.05, 3.63) is 24.0 Å². The Bertz CT molecular complexity index is 530. The number of aromatic nitrogens is 1. The van der Waals surface area contributed by atoms with E-state index in [-0.39, 0.29) is 18.4 Å². The number of aryl methyl sites for hydroxylation is 1. The van der Waals surface area contributed by atoms with Crippen molar-refractivity contribution in [3.63, 3.8) is 0 Å². The van der Waals surface area contributed by atoms with Gasteiger partial charge < -0.3 is 23.8 Å². The van der Waals surface area contributed by atoms with Crippen LogP contribution in [0.5, 0.6) is 0 Å². The number of hydrogen-bond acceptors (Lipinski definition) is 4. The molecule has 1 rings (SSSR count). The summed E-state index contributed by atoms with van der Waals surface area (Å²) in [4.78, 5) is 27.9. The van der Waals surface area contributed by atoms with E-state index in [0.717, 1.165) is 12.1 Å². The molecule has 0 saturated carbocycles. The lowest BCUT2D eigenvalue weighted by molar-refractivity contribution is -0.140. The highest BCUT2D eigenvalue weighted by atomic mass is 16.5. The van der Waals surface area contributed by atoms with Crippen LogP contribution in [0.4, 0.5) is 0 Å². The first-order chi connectivity index (χ1) is 12.0. The molecule has 142 valence electrons. The first-order valence-electron chi connectivity index (χ1n) is 8.69. The summed E-state index contributed by atoms with van der Waals surface area (Å²) in [6, 6.07) is 3.93. The largest absolute Gasteiger partial charge is 0.383 e. The Kier molecular flexibility index (Phi) is 9.87. The summed E-state index contributed by atoms with van der Waals surface area (Å²) in [7, 11) is 3.56. The third-order valence-electron chi connectivity index (χ3n) is 4.01. The minimum atomic E-state index is -0.101. The SMILES string of the molecule is CCOCCCN(CC(=O)N(CCOC)Cc1cccn1C)C(C)=O. The van der Waals surface area contributed by atoms with Crippen LogP contribution in [0.1, 0.15) is 26.0 Å². The zero-order valence-electron chi connectivity index (χ0n) is 15.9. The van der Waals surface area contributed by atoms with E-state index >= 15 is 0 Å². The van der Waals surface area contributed by atoms with Crippen LogP contribution in [0.15, 0.2) is 18.3 Å². The van der Waals surface area contributed by atoms with E-state index in [0.29, 0.717) is 39.5 Å². The number of carbonyl (C=O) groups is 2. The maximum Gasteiger partial charge on any atom is 0.242 e. The van der Waals surface area contributed by atoms with Gasteiger partial charge in [-0.2, -0.15) is 0 Å². The maximum absolute atomic E-state index is 12.7. The lowest BCUT2D eigenvalue weighted by Gasteiger charge is -2.27. The molecule has 1 aromatic heterocycles. The fourth-order valence-corrected chi connectivity index (χ4v) is 2.46. The van der Waals surface area contributed by atoms with Crippen molar-refractivity contribution in [1.82, 2.24) is 14.4 Å². The zero-order chi connectivity index (χ0) is 18.7. The molecule has 0 aliphatic rings. The molecule has 25 heavy (non-hydrogen) atoms. The molecule has 0 radical (unpaired) electrons. The molecule has 0 aromatic carbocycles. The lowest BCUT2D eigenvalue weighted by Crippen LogP contribution is -2.43. The second-order valence-electron chi connectivity index (χ2n) is 5.91. The van der Waals surface area contributed by atoms with E-state index in [4.69, 9.17) is 9.47 Å². The van der Waals surface area contributed by atoms with E-state index in [9.17, 15) is 9.59 Å². The van der Waals surface area contributed by atoms with Crippen molar-refractivity contribution in [2.75, 3.05) is 46.6 Å². The van der Waals surface area contributed by atoms with Crippen molar-refractivity contribution < 1.29 is 19.1 Å². The highest BCUT2D eigenvalue weighted by molar-refractivity contribution is 5.83. The number of ether oxygens (including phenoxy) is 2. The second-order valence-corrected chi connectivity index (χ2v) is 5.91. The van der Waals surface area contributed by atoms with Crippen molar-refractivity contribution in [2.24, 2.45) is 7.05 Å². The summed E-state index contributed by atoms with van der Waals surface area (Å²) >= 11 is 0. The maximum atomic E-state index is 12.7. The quantitative estimate of drug-likeness (QED) is 0.531. The van der Waals surface area contributed by atoms with Crippen molar-refractivity contribution in [3.8, 4) is 0 Å². The highest BCUT2D eigenvalue weighted by Crippen LogP contribution is 2.07. The zero-order valence-corrected chi connectivity index (χ0v) is 15.9. The van der Waals surface area contributed by atoms with Crippen LogP contribution in [0.3, 0.4) is 0 Å². The lowest BCUT2D eigenvalue weighted by atomic mass is 10.3. The first-order valence-corrected chi connectivity index (χ1v) is 8.69. The fraction of sp³-hybridized carbons (Fsp3) is 0.667. The van der Waals surface area contributed by atoms with E-state index in [1.54, 1.807) is 16.9 Å². The predicted molar refractivity (Wildman–Crippen MR) is 96.1 cm³/mol. The molecule has 0 saturated heterocycles. The molecule has 0 aliphatic heterocycles. The van der Waals surface area contributed by atoms with Gasteiger partial charge in [0, 0.05) is 59.3 Å². The van der Waals surface area contributed by atoms with Crippen molar-refractivity contribution in [1.29, 1.82) is 0 Å². The van der Waals surface area contributed by atoms with Crippen LogP contribution in [0.25, 0.3) is 0 Å². The number of nitrogens with zero attached hydrogens (tertiary/aromatic N) is 3. The number of rotatable bonds is 12. The monoisotopic (exact) mass is 353 g/mol. The third-order valence-corrected chi connectivity index (χ3v) is 4.01. The van der Waals surface area contributed by atoms with Crippen LogP contribution in [-0.4, -0.2) is 72.7 Å².